The summed E-state index contributed by atoms with van der Waals surface area (Å²) in [6.07, 6.45) is 0. The summed E-state index contributed by atoms with van der Waals surface area (Å²) in [5.74, 6) is 0. The Morgan fingerprint density at radius 2 is 1.00 bits per heavy atom. The van der Waals surface area contributed by atoms with Crippen LogP contribution < -0.4 is 21.1 Å². The maximum absolute atomic E-state index is 3.67. The Kier molecular flexibility index (Phi) is 5.95. The average Bonchev–Trinajstić information content (AvgIpc) is 3.02. The van der Waals surface area contributed by atoms with Crippen LogP contribution in [0.1, 0.15) is 0 Å². The van der Waals surface area contributed by atoms with E-state index in [4.69, 9.17) is 0 Å². The molecule has 0 aromatic heterocycles. The highest BCUT2D eigenvalue weighted by Crippen LogP contribution is 2.46. The smallest absolute Gasteiger partial charge is 0.199 e. The molecule has 1 aliphatic rings. The number of benzene rings is 6. The molecule has 0 unspecified atom stereocenters. The Balaban J connectivity index is 1.53. The van der Waals surface area contributed by atoms with Crippen molar-refractivity contribution in [3.8, 4) is 22.3 Å². The molecule has 6 aromatic rings. The first-order valence-corrected chi connectivity index (χ1v) is 13.3. The summed E-state index contributed by atoms with van der Waals surface area (Å²) in [7, 11) is 2.31. The largest absolute Gasteiger partial charge is 0.356 e. The van der Waals surface area contributed by atoms with Gasteiger partial charge in [-0.1, -0.05) is 127 Å². The zero-order valence-electron chi connectivity index (χ0n) is 21.5. The number of anilines is 5. The molecule has 0 saturated carbocycles. The Bertz CT molecular complexity index is 1690. The molecule has 0 spiro atoms. The van der Waals surface area contributed by atoms with Gasteiger partial charge in [0.25, 0.3) is 0 Å². The monoisotopic (exact) mass is 497 g/mol. The van der Waals surface area contributed by atoms with Crippen LogP contribution in [-0.2, 0) is 0 Å². The van der Waals surface area contributed by atoms with Gasteiger partial charge in [-0.3, -0.25) is 0 Å². The lowest BCUT2D eigenvalue weighted by atomic mass is 9.60. The topological polar surface area (TPSA) is 15.3 Å². The van der Waals surface area contributed by atoms with Crippen molar-refractivity contribution in [1.82, 2.24) is 0 Å². The average molecular weight is 497 g/mol. The van der Waals surface area contributed by atoms with Crippen LogP contribution >= 0.6 is 0 Å². The number of nitrogens with one attached hydrogen (secondary N) is 1. The van der Waals surface area contributed by atoms with Gasteiger partial charge in [-0.2, -0.15) is 0 Å². The van der Waals surface area contributed by atoms with E-state index in [0.717, 1.165) is 28.4 Å². The van der Waals surface area contributed by atoms with Gasteiger partial charge in [0, 0.05) is 33.9 Å². The van der Waals surface area contributed by atoms with E-state index in [0.29, 0.717) is 0 Å². The fourth-order valence-electron chi connectivity index (χ4n) is 5.50. The lowest BCUT2D eigenvalue weighted by Crippen LogP contribution is -2.38. The summed E-state index contributed by atoms with van der Waals surface area (Å²) in [5.41, 5.74) is 12.7. The molecule has 0 saturated heterocycles. The number of nitrogens with zero attached hydrogens (tertiary/aromatic N) is 1. The van der Waals surface area contributed by atoms with Crippen molar-refractivity contribution in [3.63, 3.8) is 0 Å². The fraction of sp³-hybridized carbons (Fsp3) is 0. The van der Waals surface area contributed by atoms with Gasteiger partial charge in [-0.25, -0.2) is 0 Å². The van der Waals surface area contributed by atoms with Crippen molar-refractivity contribution in [3.05, 3.63) is 152 Å². The van der Waals surface area contributed by atoms with Crippen molar-refractivity contribution >= 4 is 46.6 Å². The van der Waals surface area contributed by atoms with Crippen molar-refractivity contribution < 1.29 is 0 Å². The zero-order valence-corrected chi connectivity index (χ0v) is 21.5. The van der Waals surface area contributed by atoms with Crippen molar-refractivity contribution in [2.24, 2.45) is 0 Å². The molecule has 0 bridgehead atoms. The van der Waals surface area contributed by atoms with Crippen LogP contribution in [0.15, 0.2) is 152 Å². The maximum Gasteiger partial charge on any atom is 0.199 e. The van der Waals surface area contributed by atoms with Crippen LogP contribution in [-0.4, -0.2) is 7.28 Å². The van der Waals surface area contributed by atoms with Gasteiger partial charge in [0.2, 0.25) is 0 Å². The number of hydrogen-bond acceptors (Lipinski definition) is 2. The lowest BCUT2D eigenvalue weighted by molar-refractivity contribution is 1.29. The Hall–Kier alpha value is -5.02. The second-order valence-corrected chi connectivity index (χ2v) is 9.70. The van der Waals surface area contributed by atoms with E-state index in [2.05, 4.69) is 169 Å². The quantitative estimate of drug-likeness (QED) is 0.241. The molecule has 183 valence electrons. The minimum absolute atomic E-state index is 1.10. The molecular weight excluding hydrogens is 471 g/mol. The molecule has 0 fully saturated rings. The molecule has 0 atom stereocenters. The third kappa shape index (κ3) is 4.28. The molecule has 1 aliphatic heterocycles. The molecule has 7 rings (SSSR count). The van der Waals surface area contributed by atoms with Gasteiger partial charge in [0.05, 0.1) is 5.69 Å². The predicted molar refractivity (Wildman–Crippen MR) is 167 cm³/mol. The standard InChI is InChI=1S/C36H26BN2/c1-4-14-26(15-5-1)29-20-12-21-30(27-16-6-2-7-17-27)36(29)39(28-18-8-3-9-19-28)34-25-13-24-33-35(34)37-31-22-10-11-23-32(31)38-33/h1-25,38H. The van der Waals surface area contributed by atoms with Crippen LogP contribution in [0.3, 0.4) is 0 Å². The van der Waals surface area contributed by atoms with Crippen molar-refractivity contribution in [2.75, 3.05) is 10.2 Å². The van der Waals surface area contributed by atoms with Crippen molar-refractivity contribution in [2.45, 2.75) is 0 Å². The van der Waals surface area contributed by atoms with Gasteiger partial charge in [-0.05, 0) is 46.9 Å². The van der Waals surface area contributed by atoms with Gasteiger partial charge in [0.1, 0.15) is 0 Å². The molecule has 39 heavy (non-hydrogen) atoms. The second kappa shape index (κ2) is 10.0. The van der Waals surface area contributed by atoms with Crippen LogP contribution in [0, 0.1) is 0 Å². The second-order valence-electron chi connectivity index (χ2n) is 9.70. The first kappa shape index (κ1) is 23.1. The molecule has 1 heterocycles. The molecular formula is C36H26BN2. The predicted octanol–water partition coefficient (Wildman–Crippen LogP) is 8.20. The van der Waals surface area contributed by atoms with E-state index < -0.39 is 0 Å². The minimum Gasteiger partial charge on any atom is -0.356 e. The van der Waals surface area contributed by atoms with Crippen LogP contribution in [0.25, 0.3) is 22.3 Å². The third-order valence-corrected chi connectivity index (χ3v) is 7.30. The number of para-hydroxylation sites is 3. The first-order chi connectivity index (χ1) is 19.4. The van der Waals surface area contributed by atoms with Gasteiger partial charge in [-0.15, -0.1) is 0 Å². The van der Waals surface area contributed by atoms with Crippen LogP contribution in [0.5, 0.6) is 0 Å². The molecule has 6 aromatic carbocycles. The molecule has 0 aliphatic carbocycles. The summed E-state index contributed by atoms with van der Waals surface area (Å²) in [6.45, 7) is 0. The summed E-state index contributed by atoms with van der Waals surface area (Å²) < 4.78 is 0. The highest BCUT2D eigenvalue weighted by Gasteiger charge is 2.26. The number of fused-ring (bicyclic) bond motifs is 2. The van der Waals surface area contributed by atoms with E-state index in [1.807, 2.05) is 0 Å². The van der Waals surface area contributed by atoms with E-state index >= 15 is 0 Å². The highest BCUT2D eigenvalue weighted by molar-refractivity contribution is 6.73. The third-order valence-electron chi connectivity index (χ3n) is 7.30. The summed E-state index contributed by atoms with van der Waals surface area (Å²) in [6, 6.07) is 53.7. The SMILES string of the molecule is [B]1c2ccccc2Nc2cccc(N(c3ccccc3)c3c(-c4ccccc4)cccc3-c3ccccc3)c21. The first-order valence-electron chi connectivity index (χ1n) is 13.3. The van der Waals surface area contributed by atoms with Gasteiger partial charge in [0.15, 0.2) is 7.28 Å². The maximum atomic E-state index is 3.67. The van der Waals surface area contributed by atoms with Crippen LogP contribution in [0.4, 0.5) is 28.4 Å². The Morgan fingerprint density at radius 1 is 0.462 bits per heavy atom. The van der Waals surface area contributed by atoms with E-state index in [1.54, 1.807) is 0 Å². The number of hydrogen-bond donors (Lipinski definition) is 1. The van der Waals surface area contributed by atoms with Gasteiger partial charge < -0.3 is 10.2 Å². The molecule has 1 radical (unpaired) electrons. The fourth-order valence-corrected chi connectivity index (χ4v) is 5.50. The zero-order chi connectivity index (χ0) is 26.0. The Morgan fingerprint density at radius 3 is 1.67 bits per heavy atom. The minimum atomic E-state index is 1.10. The lowest BCUT2D eigenvalue weighted by Gasteiger charge is -2.34. The van der Waals surface area contributed by atoms with Gasteiger partial charge >= 0.3 is 0 Å². The highest BCUT2D eigenvalue weighted by atomic mass is 15.2. The summed E-state index contributed by atoms with van der Waals surface area (Å²) in [5, 5.41) is 3.67. The molecule has 0 amide bonds. The molecule has 1 N–H and O–H groups in total. The van der Waals surface area contributed by atoms with E-state index in [9.17, 15) is 0 Å². The molecule has 2 nitrogen and oxygen atoms in total. The summed E-state index contributed by atoms with van der Waals surface area (Å²) >= 11 is 0. The normalized spacial score (nSPS) is 11.5. The molecule has 3 heteroatoms. The van der Waals surface area contributed by atoms with E-state index in [-0.39, 0.29) is 0 Å². The Labute approximate surface area is 230 Å². The van der Waals surface area contributed by atoms with Crippen molar-refractivity contribution in [1.29, 1.82) is 0 Å². The number of rotatable bonds is 5. The summed E-state index contributed by atoms with van der Waals surface area (Å²) in [4.78, 5) is 2.43. The van der Waals surface area contributed by atoms with Crippen LogP contribution in [0.2, 0.25) is 0 Å². The van der Waals surface area contributed by atoms with E-state index in [1.165, 1.54) is 33.2 Å².